The highest BCUT2D eigenvalue weighted by Crippen LogP contribution is 2.18. The van der Waals surface area contributed by atoms with Gasteiger partial charge >= 0.3 is 0 Å². The number of nitrogens with one attached hydrogen (secondary N) is 2. The van der Waals surface area contributed by atoms with Crippen LogP contribution >= 0.6 is 23.6 Å². The van der Waals surface area contributed by atoms with Crippen LogP contribution in [0.3, 0.4) is 0 Å². The van der Waals surface area contributed by atoms with Gasteiger partial charge in [-0.15, -0.1) is 5.10 Å². The van der Waals surface area contributed by atoms with Crippen molar-refractivity contribution in [2.75, 3.05) is 19.0 Å². The number of aromatic amines is 1. The van der Waals surface area contributed by atoms with Crippen LogP contribution in [-0.4, -0.2) is 23.9 Å². The minimum absolute atomic E-state index is 0.685. The van der Waals surface area contributed by atoms with Gasteiger partial charge in [0.1, 0.15) is 5.75 Å². The van der Waals surface area contributed by atoms with Crippen molar-refractivity contribution in [2.45, 2.75) is 6.42 Å². The van der Waals surface area contributed by atoms with E-state index < -0.39 is 0 Å². The number of aromatic nitrogens is 2. The van der Waals surface area contributed by atoms with Crippen molar-refractivity contribution in [3.8, 4) is 5.75 Å². The average Bonchev–Trinajstić information content (AvgIpc) is 2.76. The van der Waals surface area contributed by atoms with Gasteiger partial charge in [0.2, 0.25) is 5.13 Å². The summed E-state index contributed by atoms with van der Waals surface area (Å²) >= 11 is 6.40. The van der Waals surface area contributed by atoms with Crippen LogP contribution < -0.4 is 10.1 Å². The lowest BCUT2D eigenvalue weighted by Crippen LogP contribution is -2.05. The maximum atomic E-state index is 5.29. The van der Waals surface area contributed by atoms with Crippen molar-refractivity contribution in [3.63, 3.8) is 0 Å². The molecule has 2 N–H and O–H groups in total. The van der Waals surface area contributed by atoms with Crippen molar-refractivity contribution in [1.82, 2.24) is 10.2 Å². The predicted molar refractivity (Wildman–Crippen MR) is 72.5 cm³/mol. The van der Waals surface area contributed by atoms with E-state index in [1.54, 1.807) is 7.11 Å². The van der Waals surface area contributed by atoms with Crippen LogP contribution in [0.2, 0.25) is 0 Å². The molecule has 1 aromatic heterocycles. The fraction of sp³-hybridized carbons (Fsp3) is 0.273. The number of para-hydroxylation sites is 1. The zero-order valence-electron chi connectivity index (χ0n) is 9.40. The third-order valence-electron chi connectivity index (χ3n) is 2.30. The summed E-state index contributed by atoms with van der Waals surface area (Å²) in [6.07, 6.45) is 0.885. The third kappa shape index (κ3) is 3.28. The van der Waals surface area contributed by atoms with E-state index in [0.717, 1.165) is 23.8 Å². The van der Waals surface area contributed by atoms with Crippen molar-refractivity contribution in [1.29, 1.82) is 0 Å². The van der Waals surface area contributed by atoms with Gasteiger partial charge in [-0.2, -0.15) is 0 Å². The normalized spacial score (nSPS) is 10.2. The molecule has 6 heteroatoms. The van der Waals surface area contributed by atoms with E-state index in [1.165, 1.54) is 16.9 Å². The largest absolute Gasteiger partial charge is 0.496 e. The number of nitrogens with zero attached hydrogens (tertiary/aromatic N) is 1. The summed E-state index contributed by atoms with van der Waals surface area (Å²) in [5.74, 6) is 0.920. The lowest BCUT2D eigenvalue weighted by molar-refractivity contribution is 0.410. The lowest BCUT2D eigenvalue weighted by atomic mass is 10.1. The summed E-state index contributed by atoms with van der Waals surface area (Å²) in [4.78, 5) is 0. The van der Waals surface area contributed by atoms with Crippen LogP contribution in [0, 0.1) is 3.95 Å². The van der Waals surface area contributed by atoms with Crippen molar-refractivity contribution in [3.05, 3.63) is 33.8 Å². The second kappa shape index (κ2) is 5.79. The molecule has 4 nitrogen and oxygen atoms in total. The molecule has 0 aliphatic rings. The Hall–Kier alpha value is -1.40. The number of H-pyrrole nitrogens is 1. The van der Waals surface area contributed by atoms with Gasteiger partial charge in [0.25, 0.3) is 0 Å². The molecule has 0 saturated carbocycles. The summed E-state index contributed by atoms with van der Waals surface area (Å²) in [5, 5.41) is 10.8. The summed E-state index contributed by atoms with van der Waals surface area (Å²) in [6.45, 7) is 0.802. The first-order valence-corrected chi connectivity index (χ1v) is 6.43. The van der Waals surface area contributed by atoms with E-state index in [1.807, 2.05) is 18.2 Å². The Morgan fingerprint density at radius 3 is 3.00 bits per heavy atom. The second-order valence-electron chi connectivity index (χ2n) is 3.41. The molecular formula is C11H13N3OS2. The predicted octanol–water partition coefficient (Wildman–Crippen LogP) is 2.86. The molecule has 0 aliphatic heterocycles. The smallest absolute Gasteiger partial charge is 0.204 e. The van der Waals surface area contributed by atoms with Gasteiger partial charge in [-0.25, -0.2) is 0 Å². The Morgan fingerprint density at radius 1 is 1.47 bits per heavy atom. The summed E-state index contributed by atoms with van der Waals surface area (Å²) in [6, 6.07) is 8.01. The quantitative estimate of drug-likeness (QED) is 0.818. The molecular weight excluding hydrogens is 254 g/mol. The highest BCUT2D eigenvalue weighted by atomic mass is 32.1. The van der Waals surface area contributed by atoms with Gasteiger partial charge in [0.15, 0.2) is 3.95 Å². The van der Waals surface area contributed by atoms with E-state index in [9.17, 15) is 0 Å². The van der Waals surface area contributed by atoms with E-state index >= 15 is 0 Å². The molecule has 2 aromatic rings. The molecule has 0 amide bonds. The molecule has 0 spiro atoms. The number of benzene rings is 1. The molecule has 0 atom stereocenters. The zero-order valence-corrected chi connectivity index (χ0v) is 11.0. The monoisotopic (exact) mass is 267 g/mol. The Balaban J connectivity index is 1.91. The van der Waals surface area contributed by atoms with Gasteiger partial charge < -0.3 is 10.1 Å². The highest BCUT2D eigenvalue weighted by molar-refractivity contribution is 7.73. The van der Waals surface area contributed by atoms with E-state index in [0.29, 0.717) is 3.95 Å². The van der Waals surface area contributed by atoms with Crippen LogP contribution in [0.15, 0.2) is 24.3 Å². The van der Waals surface area contributed by atoms with Gasteiger partial charge in [0, 0.05) is 6.54 Å². The minimum Gasteiger partial charge on any atom is -0.496 e. The van der Waals surface area contributed by atoms with Gasteiger partial charge in [0.05, 0.1) is 7.11 Å². The first-order valence-electron chi connectivity index (χ1n) is 5.21. The number of rotatable bonds is 5. The van der Waals surface area contributed by atoms with Crippen molar-refractivity contribution < 1.29 is 4.74 Å². The Labute approximate surface area is 109 Å². The fourth-order valence-electron chi connectivity index (χ4n) is 1.52. The fourth-order valence-corrected chi connectivity index (χ4v) is 2.33. The average molecular weight is 267 g/mol. The van der Waals surface area contributed by atoms with Crippen LogP contribution in [0.5, 0.6) is 5.75 Å². The topological polar surface area (TPSA) is 49.9 Å². The van der Waals surface area contributed by atoms with Crippen LogP contribution in [0.1, 0.15) is 5.56 Å². The van der Waals surface area contributed by atoms with Crippen LogP contribution in [0.25, 0.3) is 0 Å². The summed E-state index contributed by atoms with van der Waals surface area (Å²) in [5.41, 5.74) is 1.18. The molecule has 2 rings (SSSR count). The lowest BCUT2D eigenvalue weighted by Gasteiger charge is -2.07. The molecule has 1 heterocycles. The Morgan fingerprint density at radius 2 is 2.29 bits per heavy atom. The zero-order chi connectivity index (χ0) is 12.1. The number of methoxy groups -OCH3 is 1. The number of hydrogen-bond donors (Lipinski definition) is 2. The Kier molecular flexibility index (Phi) is 4.11. The molecule has 0 aliphatic carbocycles. The molecule has 1 aromatic carbocycles. The molecule has 0 radical (unpaired) electrons. The van der Waals surface area contributed by atoms with E-state index in [4.69, 9.17) is 17.0 Å². The number of anilines is 1. The maximum absolute atomic E-state index is 5.29. The second-order valence-corrected chi connectivity index (χ2v) is 5.07. The molecule has 0 unspecified atom stereocenters. The first kappa shape index (κ1) is 12.1. The van der Waals surface area contributed by atoms with Gasteiger partial charge in [-0.3, -0.25) is 5.10 Å². The third-order valence-corrected chi connectivity index (χ3v) is 3.35. The van der Waals surface area contributed by atoms with Crippen molar-refractivity contribution in [2.24, 2.45) is 0 Å². The van der Waals surface area contributed by atoms with Crippen LogP contribution in [-0.2, 0) is 6.42 Å². The summed E-state index contributed by atoms with van der Waals surface area (Å²) in [7, 11) is 1.69. The minimum atomic E-state index is 0.685. The van der Waals surface area contributed by atoms with Crippen LogP contribution in [0.4, 0.5) is 5.13 Å². The van der Waals surface area contributed by atoms with E-state index in [-0.39, 0.29) is 0 Å². The molecule has 0 bridgehead atoms. The molecule has 17 heavy (non-hydrogen) atoms. The first-order chi connectivity index (χ1) is 8.29. The highest BCUT2D eigenvalue weighted by Gasteiger charge is 2.02. The molecule has 90 valence electrons. The standard InChI is InChI=1S/C11H13N3OS2/c1-15-9-5-3-2-4-8(9)6-7-12-10-13-14-11(16)17-10/h2-5H,6-7H2,1H3,(H,12,13)(H,14,16). The van der Waals surface area contributed by atoms with Gasteiger partial charge in [-0.05, 0) is 30.3 Å². The summed E-state index contributed by atoms with van der Waals surface area (Å²) < 4.78 is 5.97. The SMILES string of the molecule is COc1ccccc1CCNc1n[nH]c(=S)s1. The molecule has 0 saturated heterocycles. The Bertz CT molecular complexity index is 535. The van der Waals surface area contributed by atoms with E-state index in [2.05, 4.69) is 21.6 Å². The number of ether oxygens (including phenoxy) is 1. The van der Waals surface area contributed by atoms with Crippen molar-refractivity contribution >= 4 is 28.7 Å². The maximum Gasteiger partial charge on any atom is 0.204 e. The van der Waals surface area contributed by atoms with Gasteiger partial charge in [-0.1, -0.05) is 29.5 Å². The molecule has 0 fully saturated rings. The number of hydrogen-bond acceptors (Lipinski definition) is 5.